The molecule has 1 fully saturated rings. The minimum Gasteiger partial charge on any atom is -0.497 e. The SMILES string of the molecule is CCCN1CCC(NC(=NCC(C)(C)c2ccc(OC)cc2)NCC)CC1. The highest BCUT2D eigenvalue weighted by Crippen LogP contribution is 2.25. The summed E-state index contributed by atoms with van der Waals surface area (Å²) in [5, 5.41) is 7.07. The molecule has 0 atom stereocenters. The van der Waals surface area contributed by atoms with E-state index in [-0.39, 0.29) is 5.41 Å². The number of rotatable bonds is 8. The van der Waals surface area contributed by atoms with Crippen LogP contribution in [0.15, 0.2) is 29.3 Å². The van der Waals surface area contributed by atoms with Crippen LogP contribution in [0.1, 0.15) is 52.5 Å². The highest BCUT2D eigenvalue weighted by atomic mass is 16.5. The average molecular weight is 375 g/mol. The van der Waals surface area contributed by atoms with Gasteiger partial charge < -0.3 is 20.3 Å². The molecule has 0 saturated carbocycles. The number of hydrogen-bond donors (Lipinski definition) is 2. The zero-order chi connectivity index (χ0) is 19.7. The minimum absolute atomic E-state index is 0.0287. The lowest BCUT2D eigenvalue weighted by Crippen LogP contribution is -2.49. The van der Waals surface area contributed by atoms with Crippen molar-refractivity contribution in [1.82, 2.24) is 15.5 Å². The number of likely N-dealkylation sites (tertiary alicyclic amines) is 1. The highest BCUT2D eigenvalue weighted by molar-refractivity contribution is 5.80. The zero-order valence-corrected chi connectivity index (χ0v) is 17.8. The molecule has 1 heterocycles. The van der Waals surface area contributed by atoms with Gasteiger partial charge in [0.05, 0.1) is 13.7 Å². The topological polar surface area (TPSA) is 48.9 Å². The third-order valence-corrected chi connectivity index (χ3v) is 5.32. The second-order valence-corrected chi connectivity index (χ2v) is 8.07. The maximum Gasteiger partial charge on any atom is 0.191 e. The van der Waals surface area contributed by atoms with Crippen LogP contribution in [-0.2, 0) is 5.41 Å². The Bertz CT molecular complexity index is 574. The van der Waals surface area contributed by atoms with E-state index in [2.05, 4.69) is 55.4 Å². The first-order valence-electron chi connectivity index (χ1n) is 10.4. The van der Waals surface area contributed by atoms with Crippen molar-refractivity contribution in [3.05, 3.63) is 29.8 Å². The zero-order valence-electron chi connectivity index (χ0n) is 17.8. The molecular formula is C22H38N4O. The van der Waals surface area contributed by atoms with Gasteiger partial charge in [0.1, 0.15) is 5.75 Å². The van der Waals surface area contributed by atoms with Gasteiger partial charge >= 0.3 is 0 Å². The van der Waals surface area contributed by atoms with E-state index in [1.807, 2.05) is 12.1 Å². The van der Waals surface area contributed by atoms with Crippen LogP contribution in [0.5, 0.6) is 5.75 Å². The number of benzene rings is 1. The van der Waals surface area contributed by atoms with Crippen LogP contribution < -0.4 is 15.4 Å². The van der Waals surface area contributed by atoms with Gasteiger partial charge in [-0.25, -0.2) is 0 Å². The van der Waals surface area contributed by atoms with Crippen molar-refractivity contribution in [3.8, 4) is 5.75 Å². The predicted octanol–water partition coefficient (Wildman–Crippen LogP) is 3.40. The molecule has 1 aromatic carbocycles. The molecule has 27 heavy (non-hydrogen) atoms. The van der Waals surface area contributed by atoms with Crippen LogP contribution >= 0.6 is 0 Å². The molecule has 1 aliphatic heterocycles. The number of nitrogens with zero attached hydrogens (tertiary/aromatic N) is 2. The maximum atomic E-state index is 5.27. The van der Waals surface area contributed by atoms with Crippen LogP contribution in [0.25, 0.3) is 0 Å². The maximum absolute atomic E-state index is 5.27. The molecule has 1 aromatic rings. The van der Waals surface area contributed by atoms with Crippen LogP contribution in [0.2, 0.25) is 0 Å². The van der Waals surface area contributed by atoms with Gasteiger partial charge in [0.15, 0.2) is 5.96 Å². The predicted molar refractivity (Wildman–Crippen MR) is 115 cm³/mol. The standard InChI is InChI=1S/C22H38N4O/c1-6-14-26-15-12-19(13-16-26)25-21(23-7-2)24-17-22(3,4)18-8-10-20(27-5)11-9-18/h8-11,19H,6-7,12-17H2,1-5H3,(H2,23,24,25). The lowest BCUT2D eigenvalue weighted by atomic mass is 9.85. The molecule has 0 spiro atoms. The Morgan fingerprint density at radius 3 is 2.41 bits per heavy atom. The quantitative estimate of drug-likeness (QED) is 0.541. The number of piperidine rings is 1. The monoisotopic (exact) mass is 374 g/mol. The molecule has 2 N–H and O–H groups in total. The fourth-order valence-electron chi connectivity index (χ4n) is 3.54. The van der Waals surface area contributed by atoms with Crippen LogP contribution in [0.4, 0.5) is 0 Å². The fourth-order valence-corrected chi connectivity index (χ4v) is 3.54. The summed E-state index contributed by atoms with van der Waals surface area (Å²) in [7, 11) is 1.70. The van der Waals surface area contributed by atoms with Gasteiger partial charge in [0, 0.05) is 31.1 Å². The Morgan fingerprint density at radius 2 is 1.85 bits per heavy atom. The Kier molecular flexibility index (Phi) is 8.42. The number of ether oxygens (including phenoxy) is 1. The summed E-state index contributed by atoms with van der Waals surface area (Å²) in [5.74, 6) is 1.83. The molecule has 0 aromatic heterocycles. The molecule has 1 aliphatic rings. The molecule has 2 rings (SSSR count). The molecule has 0 bridgehead atoms. The summed E-state index contributed by atoms with van der Waals surface area (Å²) in [4.78, 5) is 7.47. The van der Waals surface area contributed by atoms with Crippen LogP contribution in [-0.4, -0.2) is 56.7 Å². The molecule has 5 nitrogen and oxygen atoms in total. The van der Waals surface area contributed by atoms with Crippen molar-refractivity contribution < 1.29 is 4.74 Å². The summed E-state index contributed by atoms with van der Waals surface area (Å²) < 4.78 is 5.27. The van der Waals surface area contributed by atoms with E-state index in [9.17, 15) is 0 Å². The Hall–Kier alpha value is -1.75. The molecule has 0 aliphatic carbocycles. The van der Waals surface area contributed by atoms with Crippen LogP contribution in [0.3, 0.4) is 0 Å². The summed E-state index contributed by atoms with van der Waals surface area (Å²) in [6.07, 6.45) is 3.61. The second-order valence-electron chi connectivity index (χ2n) is 8.07. The van der Waals surface area contributed by atoms with Crippen molar-refractivity contribution in [2.45, 2.75) is 58.4 Å². The first kappa shape index (κ1) is 21.5. The third kappa shape index (κ3) is 6.73. The number of hydrogen-bond acceptors (Lipinski definition) is 3. The molecule has 1 saturated heterocycles. The van der Waals surface area contributed by atoms with Crippen molar-refractivity contribution in [3.63, 3.8) is 0 Å². The lowest BCUT2D eigenvalue weighted by Gasteiger charge is -2.33. The lowest BCUT2D eigenvalue weighted by molar-refractivity contribution is 0.206. The van der Waals surface area contributed by atoms with E-state index in [1.54, 1.807) is 7.11 Å². The van der Waals surface area contributed by atoms with E-state index >= 15 is 0 Å². The van der Waals surface area contributed by atoms with E-state index in [1.165, 1.54) is 44.5 Å². The normalized spacial score (nSPS) is 17.0. The molecular weight excluding hydrogens is 336 g/mol. The first-order valence-corrected chi connectivity index (χ1v) is 10.4. The number of methoxy groups -OCH3 is 1. The smallest absolute Gasteiger partial charge is 0.191 e. The van der Waals surface area contributed by atoms with Gasteiger partial charge in [-0.15, -0.1) is 0 Å². The second kappa shape index (κ2) is 10.5. The summed E-state index contributed by atoms with van der Waals surface area (Å²) in [6.45, 7) is 14.1. The third-order valence-electron chi connectivity index (χ3n) is 5.32. The van der Waals surface area contributed by atoms with Crippen molar-refractivity contribution in [1.29, 1.82) is 0 Å². The summed E-state index contributed by atoms with van der Waals surface area (Å²) in [5.41, 5.74) is 1.25. The van der Waals surface area contributed by atoms with Crippen LogP contribution in [0, 0.1) is 0 Å². The molecule has 0 amide bonds. The summed E-state index contributed by atoms with van der Waals surface area (Å²) in [6, 6.07) is 8.83. The van der Waals surface area contributed by atoms with Gasteiger partial charge in [0.2, 0.25) is 0 Å². The molecule has 0 unspecified atom stereocenters. The van der Waals surface area contributed by atoms with Gasteiger partial charge in [-0.1, -0.05) is 32.9 Å². The Morgan fingerprint density at radius 1 is 1.19 bits per heavy atom. The van der Waals surface area contributed by atoms with E-state index in [0.29, 0.717) is 6.04 Å². The molecule has 5 heteroatoms. The van der Waals surface area contributed by atoms with Gasteiger partial charge in [-0.05, 0) is 50.4 Å². The van der Waals surface area contributed by atoms with Gasteiger partial charge in [0.25, 0.3) is 0 Å². The van der Waals surface area contributed by atoms with E-state index in [0.717, 1.165) is 24.8 Å². The van der Waals surface area contributed by atoms with E-state index in [4.69, 9.17) is 9.73 Å². The minimum atomic E-state index is -0.0287. The summed E-state index contributed by atoms with van der Waals surface area (Å²) >= 11 is 0. The largest absolute Gasteiger partial charge is 0.497 e. The molecule has 152 valence electrons. The highest BCUT2D eigenvalue weighted by Gasteiger charge is 2.22. The molecule has 0 radical (unpaired) electrons. The Balaban J connectivity index is 1.95. The Labute approximate surface area is 165 Å². The van der Waals surface area contributed by atoms with Crippen molar-refractivity contribution in [2.24, 2.45) is 4.99 Å². The van der Waals surface area contributed by atoms with E-state index < -0.39 is 0 Å². The number of nitrogens with one attached hydrogen (secondary N) is 2. The van der Waals surface area contributed by atoms with Crippen molar-refractivity contribution in [2.75, 3.05) is 39.8 Å². The van der Waals surface area contributed by atoms with Crippen molar-refractivity contribution >= 4 is 5.96 Å². The van der Waals surface area contributed by atoms with Gasteiger partial charge in [-0.3, -0.25) is 4.99 Å². The number of aliphatic imine (C=N–C) groups is 1. The van der Waals surface area contributed by atoms with Gasteiger partial charge in [-0.2, -0.15) is 0 Å². The number of guanidine groups is 1. The average Bonchev–Trinajstić information content (AvgIpc) is 2.68. The first-order chi connectivity index (χ1) is 13.0. The fraction of sp³-hybridized carbons (Fsp3) is 0.682.